The van der Waals surface area contributed by atoms with Crippen LogP contribution in [0.4, 0.5) is 18.0 Å². The summed E-state index contributed by atoms with van der Waals surface area (Å²) < 4.78 is 72.8. The van der Waals surface area contributed by atoms with Crippen molar-refractivity contribution in [2.45, 2.75) is 37.9 Å². The molecule has 0 radical (unpaired) electrons. The van der Waals surface area contributed by atoms with Crippen molar-refractivity contribution in [3.8, 4) is 5.69 Å². The molecule has 4 aromatic rings. The van der Waals surface area contributed by atoms with Crippen LogP contribution in [-0.4, -0.2) is 35.7 Å². The predicted molar refractivity (Wildman–Crippen MR) is 135 cm³/mol. The monoisotopic (exact) mass is 566 g/mol. The van der Waals surface area contributed by atoms with Crippen LogP contribution in [-0.2, 0) is 33.8 Å². The zero-order valence-electron chi connectivity index (χ0n) is 20.2. The van der Waals surface area contributed by atoms with Gasteiger partial charge in [0.05, 0.1) is 28.2 Å². The van der Waals surface area contributed by atoms with E-state index < -0.39 is 32.9 Å². The van der Waals surface area contributed by atoms with E-state index in [0.717, 1.165) is 17.2 Å². The van der Waals surface area contributed by atoms with Crippen molar-refractivity contribution in [2.24, 2.45) is 0 Å². The topological polar surface area (TPSA) is 103 Å². The zero-order chi connectivity index (χ0) is 27.7. The molecule has 4 rings (SSSR count). The van der Waals surface area contributed by atoms with Crippen molar-refractivity contribution < 1.29 is 31.1 Å². The average molecular weight is 567 g/mol. The minimum atomic E-state index is -4.59. The molecular formula is C25H22ClF3N4O4S. The second-order valence-electron chi connectivity index (χ2n) is 8.37. The largest absolute Gasteiger partial charge is 0.448 e. The van der Waals surface area contributed by atoms with E-state index in [4.69, 9.17) is 16.3 Å². The number of rotatable bonds is 7. The number of carbonyl (C=O) groups is 1. The summed E-state index contributed by atoms with van der Waals surface area (Å²) in [6.45, 7) is 3.50. The van der Waals surface area contributed by atoms with Crippen LogP contribution in [0.1, 0.15) is 29.4 Å². The summed E-state index contributed by atoms with van der Waals surface area (Å²) >= 11 is 5.94. The van der Waals surface area contributed by atoms with Gasteiger partial charge in [-0.2, -0.15) is 21.6 Å². The predicted octanol–water partition coefficient (Wildman–Crippen LogP) is 5.62. The summed E-state index contributed by atoms with van der Waals surface area (Å²) in [5.41, 5.74) is 1.89. The first kappa shape index (κ1) is 27.4. The molecule has 0 aliphatic carbocycles. The number of fused-ring (bicyclic) bond motifs is 1. The maximum absolute atomic E-state index is 13.3. The van der Waals surface area contributed by atoms with Crippen molar-refractivity contribution in [2.75, 3.05) is 6.61 Å². The van der Waals surface area contributed by atoms with Gasteiger partial charge in [-0.15, -0.1) is 0 Å². The lowest BCUT2D eigenvalue weighted by Gasteiger charge is -2.12. The second-order valence-corrected chi connectivity index (χ2v) is 10.4. The summed E-state index contributed by atoms with van der Waals surface area (Å²) in [4.78, 5) is 20.1. The van der Waals surface area contributed by atoms with Crippen LogP contribution in [0.2, 0.25) is 5.02 Å². The summed E-state index contributed by atoms with van der Waals surface area (Å²) in [6.07, 6.45) is -3.59. The number of nitrogens with one attached hydrogen (secondary N) is 1. The third kappa shape index (κ3) is 5.91. The first-order valence-electron chi connectivity index (χ1n) is 11.4. The number of aryl methyl sites for hydroxylation is 2. The molecule has 0 spiro atoms. The molecule has 0 saturated heterocycles. The molecule has 2 heterocycles. The van der Waals surface area contributed by atoms with Gasteiger partial charge in [0.15, 0.2) is 5.03 Å². The molecule has 2 aromatic carbocycles. The molecule has 200 valence electrons. The molecule has 0 aliphatic rings. The van der Waals surface area contributed by atoms with Crippen LogP contribution in [0.3, 0.4) is 0 Å². The fraction of sp³-hybridized carbons (Fsp3) is 0.240. The van der Waals surface area contributed by atoms with Crippen molar-refractivity contribution in [1.82, 2.24) is 19.3 Å². The number of alkyl halides is 3. The third-order valence-corrected chi connectivity index (χ3v) is 7.17. The van der Waals surface area contributed by atoms with Gasteiger partial charge in [0.1, 0.15) is 5.82 Å². The quantitative estimate of drug-likeness (QED) is 0.311. The molecule has 2 aromatic heterocycles. The Labute approximate surface area is 221 Å². The molecule has 13 heteroatoms. The van der Waals surface area contributed by atoms with Crippen molar-refractivity contribution in [1.29, 1.82) is 0 Å². The average Bonchev–Trinajstić information content (AvgIpc) is 3.20. The van der Waals surface area contributed by atoms with Crippen molar-refractivity contribution in [3.63, 3.8) is 0 Å². The Morgan fingerprint density at radius 2 is 1.84 bits per heavy atom. The molecular weight excluding hydrogens is 545 g/mol. The van der Waals surface area contributed by atoms with Gasteiger partial charge in [0, 0.05) is 24.7 Å². The first-order chi connectivity index (χ1) is 17.9. The van der Waals surface area contributed by atoms with Crippen molar-refractivity contribution in [3.05, 3.63) is 82.3 Å². The lowest BCUT2D eigenvalue weighted by Crippen LogP contribution is -2.32. The van der Waals surface area contributed by atoms with Crippen LogP contribution >= 0.6 is 11.6 Å². The highest BCUT2D eigenvalue weighted by Gasteiger charge is 2.34. The number of pyridine rings is 1. The summed E-state index contributed by atoms with van der Waals surface area (Å²) in [5.74, 6) is 0.562. The first-order valence-corrected chi connectivity index (χ1v) is 13.2. The number of imidazole rings is 1. The number of hydrogen-bond donors (Lipinski definition) is 1. The molecule has 0 fully saturated rings. The van der Waals surface area contributed by atoms with E-state index in [2.05, 4.69) is 9.97 Å². The third-order valence-electron chi connectivity index (χ3n) is 5.63. The molecule has 0 unspecified atom stereocenters. The SMILES string of the molecule is CCc1nc2cc(C(F)(F)F)c(Cl)cc2n1-c1ccc(CCOC(=O)NS(=O)(=O)c2ccc(C)cn2)cc1. The van der Waals surface area contributed by atoms with E-state index in [9.17, 15) is 26.4 Å². The molecule has 0 aliphatic heterocycles. The van der Waals surface area contributed by atoms with Gasteiger partial charge in [-0.05, 0) is 48.4 Å². The molecule has 8 nitrogen and oxygen atoms in total. The van der Waals surface area contributed by atoms with Crippen LogP contribution in [0.5, 0.6) is 0 Å². The Morgan fingerprint density at radius 1 is 1.13 bits per heavy atom. The van der Waals surface area contributed by atoms with Crippen LogP contribution in [0.15, 0.2) is 59.8 Å². The number of halogens is 4. The number of benzene rings is 2. The van der Waals surface area contributed by atoms with Crippen molar-refractivity contribution >= 4 is 38.8 Å². The fourth-order valence-corrected chi connectivity index (χ4v) is 4.86. The van der Waals surface area contributed by atoms with E-state index in [-0.39, 0.29) is 17.1 Å². The van der Waals surface area contributed by atoms with E-state index in [1.165, 1.54) is 18.3 Å². The lowest BCUT2D eigenvalue weighted by atomic mass is 10.1. The molecule has 1 N–H and O–H groups in total. The smallest absolute Gasteiger partial charge is 0.421 e. The van der Waals surface area contributed by atoms with Gasteiger partial charge in [-0.3, -0.25) is 4.57 Å². The van der Waals surface area contributed by atoms with Gasteiger partial charge in [-0.25, -0.2) is 19.5 Å². The zero-order valence-corrected chi connectivity index (χ0v) is 21.8. The number of hydrogen-bond acceptors (Lipinski definition) is 6. The van der Waals surface area contributed by atoms with Gasteiger partial charge >= 0.3 is 12.3 Å². The summed E-state index contributed by atoms with van der Waals surface area (Å²) in [7, 11) is -4.16. The standard InChI is InChI=1S/C25H22ClF3N4O4S/c1-3-22-31-20-12-18(25(27,28)29)19(26)13-21(20)33(22)17-7-5-16(6-8-17)10-11-37-24(34)32-38(35,36)23-9-4-15(2)14-30-23/h4-9,12-14H,3,10-11H2,1-2H3,(H,32,34). The highest BCUT2D eigenvalue weighted by Crippen LogP contribution is 2.37. The highest BCUT2D eigenvalue weighted by molar-refractivity contribution is 7.90. The lowest BCUT2D eigenvalue weighted by molar-refractivity contribution is -0.137. The number of amides is 1. The minimum absolute atomic E-state index is 0.0912. The molecule has 1 amide bonds. The number of nitrogens with zero attached hydrogens (tertiary/aromatic N) is 3. The molecule has 38 heavy (non-hydrogen) atoms. The summed E-state index contributed by atoms with van der Waals surface area (Å²) in [6, 6.07) is 12.1. The Hall–Kier alpha value is -3.64. The maximum atomic E-state index is 13.3. The maximum Gasteiger partial charge on any atom is 0.421 e. The Balaban J connectivity index is 1.44. The number of carbonyl (C=O) groups excluding carboxylic acids is 1. The number of sulfonamides is 1. The van der Waals surface area contributed by atoms with Crippen LogP contribution < -0.4 is 4.72 Å². The molecule has 0 bridgehead atoms. The van der Waals surface area contributed by atoms with E-state index in [1.807, 2.05) is 11.6 Å². The minimum Gasteiger partial charge on any atom is -0.448 e. The van der Waals surface area contributed by atoms with Crippen LogP contribution in [0.25, 0.3) is 16.7 Å². The number of ether oxygens (including phenoxy) is 1. The number of aromatic nitrogens is 3. The second kappa shape index (κ2) is 10.6. The Kier molecular flexibility index (Phi) is 7.65. The molecule has 0 atom stereocenters. The van der Waals surface area contributed by atoms with E-state index in [1.54, 1.807) is 41.8 Å². The van der Waals surface area contributed by atoms with Crippen LogP contribution in [0, 0.1) is 6.92 Å². The highest BCUT2D eigenvalue weighted by atomic mass is 35.5. The van der Waals surface area contributed by atoms with Gasteiger partial charge in [0.25, 0.3) is 10.0 Å². The summed E-state index contributed by atoms with van der Waals surface area (Å²) in [5, 5.41) is -0.717. The van der Waals surface area contributed by atoms with Gasteiger partial charge in [0.2, 0.25) is 0 Å². The fourth-order valence-electron chi connectivity index (χ4n) is 3.77. The normalized spacial score (nSPS) is 12.1. The van der Waals surface area contributed by atoms with E-state index in [0.29, 0.717) is 29.9 Å². The van der Waals surface area contributed by atoms with E-state index >= 15 is 0 Å². The van der Waals surface area contributed by atoms with Gasteiger partial charge < -0.3 is 4.74 Å². The Bertz CT molecular complexity index is 1590. The molecule has 0 saturated carbocycles. The van der Waals surface area contributed by atoms with Gasteiger partial charge in [-0.1, -0.05) is 36.7 Å². The Morgan fingerprint density at radius 3 is 2.45 bits per heavy atom.